The highest BCUT2D eigenvalue weighted by atomic mass is 32.2. The van der Waals surface area contributed by atoms with Crippen LogP contribution in [0, 0.1) is 0 Å². The van der Waals surface area contributed by atoms with Gasteiger partial charge in [-0.2, -0.15) is 0 Å². The summed E-state index contributed by atoms with van der Waals surface area (Å²) in [6.07, 6.45) is 1.64. The number of benzene rings is 2. The zero-order chi connectivity index (χ0) is 14.4. The van der Waals surface area contributed by atoms with E-state index in [1.165, 1.54) is 17.3 Å². The van der Waals surface area contributed by atoms with Gasteiger partial charge in [-0.1, -0.05) is 36.0 Å². The Kier molecular flexibility index (Phi) is 5.47. The van der Waals surface area contributed by atoms with Crippen LogP contribution in [0.5, 0.6) is 5.75 Å². The second kappa shape index (κ2) is 7.33. The maximum absolute atomic E-state index is 9.74. The van der Waals surface area contributed by atoms with Crippen molar-refractivity contribution in [1.29, 1.82) is 0 Å². The van der Waals surface area contributed by atoms with E-state index in [0.717, 1.165) is 22.6 Å². The number of phenols is 1. The fourth-order valence-corrected chi connectivity index (χ4v) is 2.68. The summed E-state index contributed by atoms with van der Waals surface area (Å²) in [6.45, 7) is 0.0290. The molecule has 2 rings (SSSR count). The first kappa shape index (κ1) is 14.9. The highest BCUT2D eigenvalue weighted by molar-refractivity contribution is 7.99. The molecule has 0 aliphatic carbocycles. The maximum atomic E-state index is 9.74. The molecule has 0 aliphatic heterocycles. The van der Waals surface area contributed by atoms with Crippen molar-refractivity contribution in [2.24, 2.45) is 5.73 Å². The lowest BCUT2D eigenvalue weighted by Crippen LogP contribution is -2.24. The topological polar surface area (TPSA) is 66.5 Å². The molecule has 0 radical (unpaired) electrons. The average molecular weight is 289 g/mol. The Morgan fingerprint density at radius 2 is 1.75 bits per heavy atom. The molecule has 0 bridgehead atoms. The van der Waals surface area contributed by atoms with Crippen LogP contribution in [0.1, 0.15) is 12.0 Å². The number of aliphatic hydroxyl groups is 1. The Bertz CT molecular complexity index is 542. The summed E-state index contributed by atoms with van der Waals surface area (Å²) in [5.74, 6) is 0.301. The molecule has 3 nitrogen and oxygen atoms in total. The quantitative estimate of drug-likeness (QED) is 0.765. The standard InChI is InChI=1S/C16H19NO2S/c17-13(11-18)8-5-12-6-9-14(10-7-12)20-16-4-2-1-3-15(16)19/h1-4,6-7,9-10,13,18-19H,5,8,11,17H2. The van der Waals surface area contributed by atoms with Gasteiger partial charge in [0.25, 0.3) is 0 Å². The Labute approximate surface area is 123 Å². The van der Waals surface area contributed by atoms with Gasteiger partial charge in [0.15, 0.2) is 0 Å². The summed E-state index contributed by atoms with van der Waals surface area (Å²) in [5, 5.41) is 18.6. The van der Waals surface area contributed by atoms with Crippen LogP contribution in [0.15, 0.2) is 58.3 Å². The zero-order valence-corrected chi connectivity index (χ0v) is 12.0. The minimum absolute atomic E-state index is 0.0290. The van der Waals surface area contributed by atoms with E-state index < -0.39 is 0 Å². The lowest BCUT2D eigenvalue weighted by Gasteiger charge is -2.08. The number of aliphatic hydroxyl groups excluding tert-OH is 1. The fourth-order valence-electron chi connectivity index (χ4n) is 1.84. The summed E-state index contributed by atoms with van der Waals surface area (Å²) in [7, 11) is 0. The molecule has 4 N–H and O–H groups in total. The van der Waals surface area contributed by atoms with Gasteiger partial charge >= 0.3 is 0 Å². The molecule has 4 heteroatoms. The molecule has 106 valence electrons. The first-order chi connectivity index (χ1) is 9.69. The normalized spacial score (nSPS) is 12.3. The van der Waals surface area contributed by atoms with Crippen LogP contribution in [-0.2, 0) is 6.42 Å². The molecule has 0 aromatic heterocycles. The molecule has 1 unspecified atom stereocenters. The van der Waals surface area contributed by atoms with Gasteiger partial charge in [0.1, 0.15) is 5.75 Å². The number of hydrogen-bond donors (Lipinski definition) is 3. The van der Waals surface area contributed by atoms with E-state index in [4.69, 9.17) is 10.8 Å². The van der Waals surface area contributed by atoms with E-state index in [9.17, 15) is 5.11 Å². The predicted molar refractivity (Wildman–Crippen MR) is 82.1 cm³/mol. The number of rotatable bonds is 6. The molecule has 20 heavy (non-hydrogen) atoms. The molecule has 0 amide bonds. The van der Waals surface area contributed by atoms with Crippen molar-refractivity contribution in [3.63, 3.8) is 0 Å². The Hall–Kier alpha value is -1.49. The molecular weight excluding hydrogens is 270 g/mol. The van der Waals surface area contributed by atoms with Crippen molar-refractivity contribution in [3.8, 4) is 5.75 Å². The summed E-state index contributed by atoms with van der Waals surface area (Å²) in [4.78, 5) is 1.93. The van der Waals surface area contributed by atoms with Crippen molar-refractivity contribution >= 4 is 11.8 Å². The van der Waals surface area contributed by atoms with Crippen LogP contribution in [0.2, 0.25) is 0 Å². The van der Waals surface area contributed by atoms with Gasteiger partial charge in [0.2, 0.25) is 0 Å². The number of hydrogen-bond acceptors (Lipinski definition) is 4. The van der Waals surface area contributed by atoms with Gasteiger partial charge in [-0.05, 0) is 42.7 Å². The molecule has 0 saturated heterocycles. The molecule has 0 spiro atoms. The molecule has 2 aromatic rings. The maximum Gasteiger partial charge on any atom is 0.129 e. The Balaban J connectivity index is 1.96. The molecule has 2 aromatic carbocycles. The first-order valence-corrected chi connectivity index (χ1v) is 7.42. The Morgan fingerprint density at radius 3 is 2.40 bits per heavy atom. The van der Waals surface area contributed by atoms with Crippen LogP contribution >= 0.6 is 11.8 Å². The van der Waals surface area contributed by atoms with Crippen molar-refractivity contribution in [2.75, 3.05) is 6.61 Å². The number of nitrogens with two attached hydrogens (primary N) is 1. The van der Waals surface area contributed by atoms with Crippen LogP contribution in [0.25, 0.3) is 0 Å². The van der Waals surface area contributed by atoms with Crippen molar-refractivity contribution in [2.45, 2.75) is 28.7 Å². The summed E-state index contributed by atoms with van der Waals surface area (Å²) in [5.41, 5.74) is 6.89. The van der Waals surface area contributed by atoms with E-state index in [1.807, 2.05) is 30.3 Å². The zero-order valence-electron chi connectivity index (χ0n) is 11.2. The van der Waals surface area contributed by atoms with Gasteiger partial charge < -0.3 is 15.9 Å². The van der Waals surface area contributed by atoms with Crippen molar-refractivity contribution < 1.29 is 10.2 Å². The molecule has 1 atom stereocenters. The Morgan fingerprint density at radius 1 is 1.05 bits per heavy atom. The first-order valence-electron chi connectivity index (χ1n) is 6.60. The smallest absolute Gasteiger partial charge is 0.129 e. The van der Waals surface area contributed by atoms with Gasteiger partial charge in [-0.3, -0.25) is 0 Å². The van der Waals surface area contributed by atoms with Crippen LogP contribution in [0.4, 0.5) is 0 Å². The summed E-state index contributed by atoms with van der Waals surface area (Å²) in [6, 6.07) is 15.4. The molecule has 0 fully saturated rings. The third-order valence-corrected chi connectivity index (χ3v) is 4.13. The van der Waals surface area contributed by atoms with Gasteiger partial charge in [-0.15, -0.1) is 0 Å². The van der Waals surface area contributed by atoms with E-state index >= 15 is 0 Å². The monoisotopic (exact) mass is 289 g/mol. The predicted octanol–water partition coefficient (Wildman–Crippen LogP) is 2.80. The fraction of sp³-hybridized carbons (Fsp3) is 0.250. The van der Waals surface area contributed by atoms with Gasteiger partial charge in [-0.25, -0.2) is 0 Å². The van der Waals surface area contributed by atoms with Crippen LogP contribution < -0.4 is 5.73 Å². The molecular formula is C16H19NO2S. The van der Waals surface area contributed by atoms with Gasteiger partial charge in [0, 0.05) is 10.9 Å². The second-order valence-electron chi connectivity index (χ2n) is 4.70. The SMILES string of the molecule is NC(CO)CCc1ccc(Sc2ccccc2O)cc1. The third-order valence-electron chi connectivity index (χ3n) is 3.05. The number of aryl methyl sites for hydroxylation is 1. The number of para-hydroxylation sites is 1. The molecule has 0 saturated carbocycles. The average Bonchev–Trinajstić information content (AvgIpc) is 2.48. The minimum Gasteiger partial charge on any atom is -0.507 e. The van der Waals surface area contributed by atoms with Gasteiger partial charge in [0.05, 0.1) is 11.5 Å². The van der Waals surface area contributed by atoms with E-state index in [2.05, 4.69) is 12.1 Å². The van der Waals surface area contributed by atoms with Crippen LogP contribution in [0.3, 0.4) is 0 Å². The summed E-state index contributed by atoms with van der Waals surface area (Å²) >= 11 is 1.54. The van der Waals surface area contributed by atoms with Crippen LogP contribution in [-0.4, -0.2) is 22.9 Å². The third kappa shape index (κ3) is 4.27. The van der Waals surface area contributed by atoms with Crippen molar-refractivity contribution in [1.82, 2.24) is 0 Å². The minimum atomic E-state index is -0.148. The molecule has 0 heterocycles. The second-order valence-corrected chi connectivity index (χ2v) is 5.81. The molecule has 0 aliphatic rings. The van der Waals surface area contributed by atoms with E-state index in [0.29, 0.717) is 5.75 Å². The lowest BCUT2D eigenvalue weighted by molar-refractivity contribution is 0.260. The summed E-state index contributed by atoms with van der Waals surface area (Å²) < 4.78 is 0. The highest BCUT2D eigenvalue weighted by Gasteiger charge is 2.04. The highest BCUT2D eigenvalue weighted by Crippen LogP contribution is 2.33. The van der Waals surface area contributed by atoms with Crippen molar-refractivity contribution in [3.05, 3.63) is 54.1 Å². The number of aromatic hydroxyl groups is 1. The number of phenolic OH excluding ortho intramolecular Hbond substituents is 1. The largest absolute Gasteiger partial charge is 0.507 e. The van der Waals surface area contributed by atoms with E-state index in [-0.39, 0.29) is 12.6 Å². The van der Waals surface area contributed by atoms with E-state index in [1.54, 1.807) is 6.07 Å². The lowest BCUT2D eigenvalue weighted by atomic mass is 10.1.